The third kappa shape index (κ3) is 3.14. The van der Waals surface area contributed by atoms with Crippen LogP contribution in [-0.4, -0.2) is 36.2 Å². The predicted octanol–water partition coefficient (Wildman–Crippen LogP) is 1.07. The lowest BCUT2D eigenvalue weighted by Gasteiger charge is -2.30. The average molecular weight is 308 g/mol. The number of nitrogen functional groups attached to an aromatic ring is 1. The van der Waals surface area contributed by atoms with Crippen molar-refractivity contribution in [2.45, 2.75) is 41.3 Å². The second-order valence-electron chi connectivity index (χ2n) is 4.19. The number of hydrogen-bond donors (Lipinski definition) is 2. The Labute approximate surface area is 115 Å². The first-order valence-electron chi connectivity index (χ1n) is 5.67. The summed E-state index contributed by atoms with van der Waals surface area (Å²) >= 11 is 2.60. The molecule has 102 valence electrons. The molecule has 18 heavy (non-hydrogen) atoms. The molecule has 2 unspecified atom stereocenters. The van der Waals surface area contributed by atoms with Gasteiger partial charge in [-0.05, 0) is 19.1 Å². The number of aromatic nitrogens is 2. The van der Waals surface area contributed by atoms with Crippen molar-refractivity contribution in [3.63, 3.8) is 0 Å². The quantitative estimate of drug-likeness (QED) is 0.863. The fourth-order valence-corrected chi connectivity index (χ4v) is 5.22. The van der Waals surface area contributed by atoms with Crippen LogP contribution in [0.5, 0.6) is 0 Å². The van der Waals surface area contributed by atoms with E-state index >= 15 is 0 Å². The fourth-order valence-electron chi connectivity index (χ4n) is 2.09. The van der Waals surface area contributed by atoms with E-state index < -0.39 is 10.0 Å². The van der Waals surface area contributed by atoms with Gasteiger partial charge in [0.25, 0.3) is 10.0 Å². The van der Waals surface area contributed by atoms with Crippen molar-refractivity contribution in [3.8, 4) is 0 Å². The van der Waals surface area contributed by atoms with Crippen LogP contribution in [0.15, 0.2) is 4.34 Å². The molecular weight excluding hydrogens is 292 g/mol. The number of sulfonamides is 1. The van der Waals surface area contributed by atoms with Gasteiger partial charge in [0.1, 0.15) is 0 Å². The van der Waals surface area contributed by atoms with Crippen LogP contribution in [0.2, 0.25) is 0 Å². The van der Waals surface area contributed by atoms with Crippen LogP contribution < -0.4 is 10.5 Å². The van der Waals surface area contributed by atoms with Gasteiger partial charge in [0.15, 0.2) is 0 Å². The lowest BCUT2D eigenvalue weighted by atomic mass is 9.96. The molecule has 1 heterocycles. The molecule has 0 aromatic carbocycles. The van der Waals surface area contributed by atoms with Crippen molar-refractivity contribution < 1.29 is 8.42 Å². The maximum Gasteiger partial charge on any atom is 0.270 e. The molecule has 1 fully saturated rings. The highest BCUT2D eigenvalue weighted by Crippen LogP contribution is 2.28. The van der Waals surface area contributed by atoms with Crippen LogP contribution in [-0.2, 0) is 10.0 Å². The number of hydrogen-bond acceptors (Lipinski definition) is 7. The molecule has 0 saturated heterocycles. The average Bonchev–Trinajstić information content (AvgIpc) is 2.77. The van der Waals surface area contributed by atoms with Crippen LogP contribution in [0.25, 0.3) is 0 Å². The molecule has 2 rings (SSSR count). The van der Waals surface area contributed by atoms with Crippen molar-refractivity contribution in [3.05, 3.63) is 0 Å². The van der Waals surface area contributed by atoms with Crippen LogP contribution in [0.3, 0.4) is 0 Å². The molecule has 0 aliphatic heterocycles. The van der Waals surface area contributed by atoms with Crippen LogP contribution >= 0.6 is 23.1 Å². The Morgan fingerprint density at radius 2 is 2.11 bits per heavy atom. The molecule has 0 radical (unpaired) electrons. The number of nitrogens with two attached hydrogens (primary N) is 1. The molecule has 0 amide bonds. The molecule has 1 aliphatic rings. The second-order valence-corrected chi connectivity index (χ2v) is 8.17. The molecular formula is C9H16N4O2S3. The van der Waals surface area contributed by atoms with Gasteiger partial charge in [0.05, 0.1) is 0 Å². The maximum absolute atomic E-state index is 12.1. The molecule has 0 spiro atoms. The van der Waals surface area contributed by atoms with Gasteiger partial charge in [-0.1, -0.05) is 24.2 Å². The number of anilines is 1. The summed E-state index contributed by atoms with van der Waals surface area (Å²) in [6.45, 7) is 0. The van der Waals surface area contributed by atoms with E-state index in [4.69, 9.17) is 5.73 Å². The first-order valence-corrected chi connectivity index (χ1v) is 9.26. The number of nitrogens with one attached hydrogen (secondary N) is 1. The van der Waals surface area contributed by atoms with Crippen molar-refractivity contribution >= 4 is 38.3 Å². The smallest absolute Gasteiger partial charge is 0.270 e. The van der Waals surface area contributed by atoms with Crippen molar-refractivity contribution in [1.29, 1.82) is 0 Å². The predicted molar refractivity (Wildman–Crippen MR) is 74.2 cm³/mol. The van der Waals surface area contributed by atoms with Crippen LogP contribution in [0.1, 0.15) is 25.7 Å². The molecule has 1 aromatic rings. The minimum atomic E-state index is -3.58. The summed E-state index contributed by atoms with van der Waals surface area (Å²) in [5, 5.41) is 7.63. The van der Waals surface area contributed by atoms with E-state index in [-0.39, 0.29) is 15.5 Å². The van der Waals surface area contributed by atoms with E-state index in [1.807, 2.05) is 6.26 Å². The van der Waals surface area contributed by atoms with E-state index in [2.05, 4.69) is 14.9 Å². The van der Waals surface area contributed by atoms with Crippen LogP contribution in [0.4, 0.5) is 5.13 Å². The maximum atomic E-state index is 12.1. The van der Waals surface area contributed by atoms with Crippen LogP contribution in [0, 0.1) is 0 Å². The zero-order chi connectivity index (χ0) is 13.2. The number of thioether (sulfide) groups is 1. The fraction of sp³-hybridized carbons (Fsp3) is 0.778. The highest BCUT2D eigenvalue weighted by Gasteiger charge is 2.30. The monoisotopic (exact) mass is 308 g/mol. The Bertz CT molecular complexity index is 502. The molecule has 3 N–H and O–H groups in total. The number of rotatable bonds is 4. The summed E-state index contributed by atoms with van der Waals surface area (Å²) in [6, 6.07) is -0.0242. The normalized spacial score (nSPS) is 25.2. The van der Waals surface area contributed by atoms with Gasteiger partial charge in [-0.3, -0.25) is 0 Å². The summed E-state index contributed by atoms with van der Waals surface area (Å²) in [7, 11) is -3.58. The van der Waals surface area contributed by atoms with Gasteiger partial charge in [0.2, 0.25) is 9.47 Å². The molecule has 2 atom stereocenters. The zero-order valence-electron chi connectivity index (χ0n) is 10.00. The molecule has 1 aromatic heterocycles. The van der Waals surface area contributed by atoms with E-state index in [0.717, 1.165) is 37.0 Å². The topological polar surface area (TPSA) is 98.0 Å². The van der Waals surface area contributed by atoms with E-state index in [0.29, 0.717) is 5.25 Å². The molecule has 0 bridgehead atoms. The first-order chi connectivity index (χ1) is 8.53. The highest BCUT2D eigenvalue weighted by atomic mass is 32.2. The van der Waals surface area contributed by atoms with Crippen molar-refractivity contribution in [2.24, 2.45) is 0 Å². The van der Waals surface area contributed by atoms with Gasteiger partial charge in [-0.2, -0.15) is 11.8 Å². The summed E-state index contributed by atoms with van der Waals surface area (Å²) < 4.78 is 26.9. The lowest BCUT2D eigenvalue weighted by molar-refractivity contribution is 0.423. The standard InChI is InChI=1S/C9H16N4O2S3/c1-16-7-5-3-2-4-6(7)13-18(14,15)9-12-11-8(10)17-9/h6-7,13H,2-5H2,1H3,(H2,10,11). The molecule has 1 aliphatic carbocycles. The van der Waals surface area contributed by atoms with Gasteiger partial charge in [-0.15, -0.1) is 10.2 Å². The third-order valence-corrected chi connectivity index (χ3v) is 6.74. The summed E-state index contributed by atoms with van der Waals surface area (Å²) in [6.07, 6.45) is 6.16. The van der Waals surface area contributed by atoms with E-state index in [1.54, 1.807) is 11.8 Å². The minimum Gasteiger partial charge on any atom is -0.374 e. The Hall–Kier alpha value is -0.380. The Morgan fingerprint density at radius 1 is 1.39 bits per heavy atom. The Morgan fingerprint density at radius 3 is 2.72 bits per heavy atom. The van der Waals surface area contributed by atoms with E-state index in [1.165, 1.54) is 0 Å². The number of nitrogens with zero attached hydrogens (tertiary/aromatic N) is 2. The molecule has 9 heteroatoms. The molecule has 1 saturated carbocycles. The minimum absolute atomic E-state index is 0.0242. The zero-order valence-corrected chi connectivity index (χ0v) is 12.4. The third-order valence-electron chi connectivity index (χ3n) is 2.96. The lowest BCUT2D eigenvalue weighted by Crippen LogP contribution is -2.43. The van der Waals surface area contributed by atoms with E-state index in [9.17, 15) is 8.42 Å². The first kappa shape index (κ1) is 14.0. The summed E-state index contributed by atoms with van der Waals surface area (Å²) in [4.78, 5) is 0. The summed E-state index contributed by atoms with van der Waals surface area (Å²) in [5.74, 6) is 0. The van der Waals surface area contributed by atoms with Gasteiger partial charge >= 0.3 is 0 Å². The van der Waals surface area contributed by atoms with Gasteiger partial charge in [-0.25, -0.2) is 13.1 Å². The molecule has 6 nitrogen and oxygen atoms in total. The largest absolute Gasteiger partial charge is 0.374 e. The van der Waals surface area contributed by atoms with Gasteiger partial charge in [0, 0.05) is 11.3 Å². The SMILES string of the molecule is CSC1CCCCC1NS(=O)(=O)c1nnc(N)s1. The van der Waals surface area contributed by atoms with Crippen molar-refractivity contribution in [2.75, 3.05) is 12.0 Å². The Kier molecular flexibility index (Phi) is 4.46. The van der Waals surface area contributed by atoms with Gasteiger partial charge < -0.3 is 5.73 Å². The Balaban J connectivity index is 2.12. The van der Waals surface area contributed by atoms with Crippen molar-refractivity contribution in [1.82, 2.24) is 14.9 Å². The highest BCUT2D eigenvalue weighted by molar-refractivity contribution is 7.99. The second kappa shape index (κ2) is 5.72. The summed E-state index contributed by atoms with van der Waals surface area (Å²) in [5.41, 5.74) is 5.41.